The molecule has 1 aromatic carbocycles. The van der Waals surface area contributed by atoms with E-state index in [0.29, 0.717) is 16.5 Å². The third-order valence-corrected chi connectivity index (χ3v) is 5.46. The predicted octanol–water partition coefficient (Wildman–Crippen LogP) is 3.72. The molecule has 3 nitrogen and oxygen atoms in total. The molecular formula is C16H21BrN2OS. The number of amides is 1. The molecule has 1 aliphatic carbocycles. The third kappa shape index (κ3) is 4.04. The Hall–Kier alpha value is -0.940. The number of rotatable bonds is 4. The van der Waals surface area contributed by atoms with Gasteiger partial charge in [0.05, 0.1) is 16.6 Å². The van der Waals surface area contributed by atoms with E-state index >= 15 is 0 Å². The van der Waals surface area contributed by atoms with Crippen LogP contribution in [0.2, 0.25) is 0 Å². The van der Waals surface area contributed by atoms with Crippen LogP contribution in [-0.4, -0.2) is 16.9 Å². The van der Waals surface area contributed by atoms with Crippen molar-refractivity contribution in [1.29, 1.82) is 0 Å². The van der Waals surface area contributed by atoms with Gasteiger partial charge in [-0.05, 0) is 53.2 Å². The van der Waals surface area contributed by atoms with Crippen LogP contribution in [0.25, 0.3) is 0 Å². The van der Waals surface area contributed by atoms with Crippen molar-refractivity contribution in [1.82, 2.24) is 5.32 Å². The lowest BCUT2D eigenvalue weighted by molar-refractivity contribution is 0.0931. The molecule has 0 bridgehead atoms. The van der Waals surface area contributed by atoms with Gasteiger partial charge in [-0.15, -0.1) is 0 Å². The summed E-state index contributed by atoms with van der Waals surface area (Å²) in [6.07, 6.45) is 5.80. The number of nitrogens with two attached hydrogens (primary N) is 1. The molecule has 3 N–H and O–H groups in total. The number of aryl methyl sites for hydroxylation is 1. The number of hydrogen-bond donors (Lipinski definition) is 2. The van der Waals surface area contributed by atoms with E-state index in [2.05, 4.69) is 21.2 Å². The van der Waals surface area contributed by atoms with Crippen LogP contribution in [-0.2, 0) is 0 Å². The van der Waals surface area contributed by atoms with Gasteiger partial charge in [-0.2, -0.15) is 0 Å². The monoisotopic (exact) mass is 368 g/mol. The first-order valence-electron chi connectivity index (χ1n) is 7.36. The van der Waals surface area contributed by atoms with Gasteiger partial charge in [-0.3, -0.25) is 4.79 Å². The minimum Gasteiger partial charge on any atom is -0.392 e. The first-order chi connectivity index (χ1) is 10.0. The first-order valence-corrected chi connectivity index (χ1v) is 8.56. The zero-order valence-electron chi connectivity index (χ0n) is 12.2. The minimum absolute atomic E-state index is 0.117. The number of nitrogens with one attached hydrogen (secondary N) is 1. The predicted molar refractivity (Wildman–Crippen MR) is 93.5 cm³/mol. The Morgan fingerprint density at radius 2 is 2.05 bits per heavy atom. The summed E-state index contributed by atoms with van der Waals surface area (Å²) in [5.74, 6) is 0.248. The molecule has 0 aliphatic heterocycles. The highest BCUT2D eigenvalue weighted by atomic mass is 79.9. The van der Waals surface area contributed by atoms with Gasteiger partial charge in [0.15, 0.2) is 0 Å². The average molecular weight is 369 g/mol. The van der Waals surface area contributed by atoms with Crippen LogP contribution in [0.3, 0.4) is 0 Å². The van der Waals surface area contributed by atoms with Crippen LogP contribution >= 0.6 is 28.1 Å². The molecule has 0 aromatic heterocycles. The Morgan fingerprint density at radius 3 is 2.67 bits per heavy atom. The SMILES string of the molecule is Cc1cccc(C(=O)NC(C(N)=S)C2CCCCC2)c1Br. The van der Waals surface area contributed by atoms with Crippen LogP contribution < -0.4 is 11.1 Å². The van der Waals surface area contributed by atoms with Gasteiger partial charge < -0.3 is 11.1 Å². The molecular weight excluding hydrogens is 348 g/mol. The Labute approximate surface area is 139 Å². The second-order valence-corrected chi connectivity index (χ2v) is 6.95. The fourth-order valence-corrected chi connectivity index (χ4v) is 3.63. The summed E-state index contributed by atoms with van der Waals surface area (Å²) in [5.41, 5.74) is 7.53. The summed E-state index contributed by atoms with van der Waals surface area (Å²) >= 11 is 8.65. The summed E-state index contributed by atoms with van der Waals surface area (Å²) < 4.78 is 0.827. The van der Waals surface area contributed by atoms with E-state index in [4.69, 9.17) is 18.0 Å². The lowest BCUT2D eigenvalue weighted by atomic mass is 9.83. The van der Waals surface area contributed by atoms with E-state index in [1.54, 1.807) is 0 Å². The summed E-state index contributed by atoms with van der Waals surface area (Å²) in [4.78, 5) is 12.9. The number of hydrogen-bond acceptors (Lipinski definition) is 2. The fourth-order valence-electron chi connectivity index (χ4n) is 2.93. The lowest BCUT2D eigenvalue weighted by Crippen LogP contribution is -2.48. The van der Waals surface area contributed by atoms with E-state index < -0.39 is 0 Å². The molecule has 0 radical (unpaired) electrons. The molecule has 1 fully saturated rings. The van der Waals surface area contributed by atoms with Crippen LogP contribution in [0.1, 0.15) is 48.0 Å². The molecule has 1 amide bonds. The molecule has 5 heteroatoms. The number of thiocarbonyl (C=S) groups is 1. The molecule has 1 saturated carbocycles. The summed E-state index contributed by atoms with van der Waals surface area (Å²) in [6, 6.07) is 5.45. The van der Waals surface area contributed by atoms with Crippen molar-refractivity contribution in [3.05, 3.63) is 33.8 Å². The van der Waals surface area contributed by atoms with Gasteiger partial charge >= 0.3 is 0 Å². The fraction of sp³-hybridized carbons (Fsp3) is 0.500. The number of carbonyl (C=O) groups is 1. The van der Waals surface area contributed by atoms with E-state index in [1.807, 2.05) is 25.1 Å². The highest BCUT2D eigenvalue weighted by Crippen LogP contribution is 2.27. The largest absolute Gasteiger partial charge is 0.392 e. The molecule has 0 spiro atoms. The highest BCUT2D eigenvalue weighted by Gasteiger charge is 2.28. The standard InChI is InChI=1S/C16H21BrN2OS/c1-10-6-5-9-12(13(10)17)16(20)19-14(15(18)21)11-7-3-2-4-8-11/h5-6,9,11,14H,2-4,7-8H2,1H3,(H2,18,21)(H,19,20). The van der Waals surface area contributed by atoms with Gasteiger partial charge in [0.2, 0.25) is 0 Å². The van der Waals surface area contributed by atoms with E-state index in [1.165, 1.54) is 19.3 Å². The van der Waals surface area contributed by atoms with Gasteiger partial charge in [-0.1, -0.05) is 43.6 Å². The van der Waals surface area contributed by atoms with Gasteiger partial charge in [0, 0.05) is 4.47 Å². The van der Waals surface area contributed by atoms with E-state index in [0.717, 1.165) is 22.9 Å². The van der Waals surface area contributed by atoms with Gasteiger partial charge in [0.25, 0.3) is 5.91 Å². The number of carbonyl (C=O) groups excluding carboxylic acids is 1. The zero-order valence-corrected chi connectivity index (χ0v) is 14.6. The van der Waals surface area contributed by atoms with Crippen molar-refractivity contribution in [2.24, 2.45) is 11.7 Å². The topological polar surface area (TPSA) is 55.1 Å². The van der Waals surface area contributed by atoms with Crippen molar-refractivity contribution in [2.45, 2.75) is 45.1 Å². The second kappa shape index (κ2) is 7.36. The number of benzene rings is 1. The molecule has 1 aliphatic rings. The minimum atomic E-state index is -0.208. The molecule has 114 valence electrons. The maximum Gasteiger partial charge on any atom is 0.253 e. The van der Waals surface area contributed by atoms with Crippen LogP contribution in [0.5, 0.6) is 0 Å². The molecule has 1 atom stereocenters. The van der Waals surface area contributed by atoms with Crippen molar-refractivity contribution in [2.75, 3.05) is 0 Å². The quantitative estimate of drug-likeness (QED) is 0.796. The zero-order chi connectivity index (χ0) is 15.4. The van der Waals surface area contributed by atoms with Crippen molar-refractivity contribution in [3.63, 3.8) is 0 Å². The molecule has 0 heterocycles. The summed E-state index contributed by atoms with van der Waals surface area (Å²) in [7, 11) is 0. The third-order valence-electron chi connectivity index (χ3n) is 4.15. The van der Waals surface area contributed by atoms with E-state index in [9.17, 15) is 4.79 Å². The maximum atomic E-state index is 12.5. The van der Waals surface area contributed by atoms with Gasteiger partial charge in [-0.25, -0.2) is 0 Å². The number of halogens is 1. The molecule has 1 unspecified atom stereocenters. The summed E-state index contributed by atoms with van der Waals surface area (Å²) in [6.45, 7) is 1.97. The first kappa shape index (κ1) is 16.4. The molecule has 0 saturated heterocycles. The Morgan fingerprint density at radius 1 is 1.38 bits per heavy atom. The Bertz CT molecular complexity index is 541. The van der Waals surface area contributed by atoms with E-state index in [-0.39, 0.29) is 11.9 Å². The summed E-state index contributed by atoms with van der Waals surface area (Å²) in [5, 5.41) is 3.04. The second-order valence-electron chi connectivity index (χ2n) is 5.69. The van der Waals surface area contributed by atoms with Gasteiger partial charge in [0.1, 0.15) is 0 Å². The molecule has 2 rings (SSSR count). The Balaban J connectivity index is 2.14. The lowest BCUT2D eigenvalue weighted by Gasteiger charge is -2.30. The van der Waals surface area contributed by atoms with Crippen LogP contribution in [0.4, 0.5) is 0 Å². The molecule has 21 heavy (non-hydrogen) atoms. The molecule has 1 aromatic rings. The normalized spacial score (nSPS) is 17.2. The van der Waals surface area contributed by atoms with Crippen molar-refractivity contribution in [3.8, 4) is 0 Å². The smallest absolute Gasteiger partial charge is 0.253 e. The van der Waals surface area contributed by atoms with Crippen LogP contribution in [0.15, 0.2) is 22.7 Å². The van der Waals surface area contributed by atoms with Crippen molar-refractivity contribution < 1.29 is 4.79 Å². The highest BCUT2D eigenvalue weighted by molar-refractivity contribution is 9.10. The van der Waals surface area contributed by atoms with Crippen molar-refractivity contribution >= 4 is 39.0 Å². The Kier molecular flexibility index (Phi) is 5.76. The van der Waals surface area contributed by atoms with Crippen LogP contribution in [0, 0.1) is 12.8 Å². The maximum absolute atomic E-state index is 12.5. The average Bonchev–Trinajstić information content (AvgIpc) is 2.48.